The number of hydrogen-bond acceptors (Lipinski definition) is 6. The number of amides is 1. The Hall–Kier alpha value is -3.55. The number of carbonyl (C=O) groups excluding carboxylic acids is 3. The third kappa shape index (κ3) is 4.48. The second-order valence-electron chi connectivity index (χ2n) is 6.52. The number of benzene rings is 1. The molecule has 0 atom stereocenters. The monoisotopic (exact) mass is 398 g/mol. The summed E-state index contributed by atoms with van der Waals surface area (Å²) in [4.78, 5) is 36.4. The van der Waals surface area contributed by atoms with E-state index in [1.165, 1.54) is 6.07 Å². The maximum atomic E-state index is 12.4. The molecule has 0 unspecified atom stereocenters. The van der Waals surface area contributed by atoms with Gasteiger partial charge in [0, 0.05) is 29.1 Å². The molecule has 0 spiro atoms. The molecule has 0 fully saturated rings. The van der Waals surface area contributed by atoms with Crippen LogP contribution in [0.25, 0.3) is 0 Å². The molecule has 1 N–H and O–H groups in total. The topological polar surface area (TPSA) is 95.9 Å². The summed E-state index contributed by atoms with van der Waals surface area (Å²) in [5.41, 5.74) is 2.54. The number of carbonyl (C=O) groups is 3. The van der Waals surface area contributed by atoms with Gasteiger partial charge in [-0.1, -0.05) is 6.08 Å². The predicted molar refractivity (Wildman–Crippen MR) is 104 cm³/mol. The number of esters is 1. The van der Waals surface area contributed by atoms with E-state index in [0.29, 0.717) is 29.2 Å². The first-order valence-corrected chi connectivity index (χ1v) is 9.05. The number of aryl methyl sites for hydroxylation is 1. The SMILES string of the molecule is C=CCn1c(C)cc(C(=O)COC(=O)CNC(=O)c2ccc3c(c2)OCO3)c1C. The Labute approximate surface area is 168 Å². The van der Waals surface area contributed by atoms with Crippen molar-refractivity contribution in [1.82, 2.24) is 9.88 Å². The van der Waals surface area contributed by atoms with Crippen molar-refractivity contribution < 1.29 is 28.6 Å². The molecule has 1 aromatic carbocycles. The largest absolute Gasteiger partial charge is 0.456 e. The van der Waals surface area contributed by atoms with E-state index in [1.807, 2.05) is 18.4 Å². The van der Waals surface area contributed by atoms with E-state index < -0.39 is 18.5 Å². The molecular formula is C21H22N2O6. The summed E-state index contributed by atoms with van der Waals surface area (Å²) in [7, 11) is 0. The van der Waals surface area contributed by atoms with Gasteiger partial charge in [0.1, 0.15) is 6.54 Å². The molecule has 0 saturated heterocycles. The smallest absolute Gasteiger partial charge is 0.325 e. The van der Waals surface area contributed by atoms with Crippen molar-refractivity contribution in [1.29, 1.82) is 0 Å². The molecule has 0 aliphatic carbocycles. The highest BCUT2D eigenvalue weighted by Gasteiger charge is 2.19. The van der Waals surface area contributed by atoms with Crippen LogP contribution in [0, 0.1) is 13.8 Å². The highest BCUT2D eigenvalue weighted by Crippen LogP contribution is 2.32. The average molecular weight is 398 g/mol. The number of hydrogen-bond donors (Lipinski definition) is 1. The molecule has 1 aliphatic rings. The van der Waals surface area contributed by atoms with E-state index in [9.17, 15) is 14.4 Å². The molecule has 0 bridgehead atoms. The van der Waals surface area contributed by atoms with Crippen molar-refractivity contribution in [2.45, 2.75) is 20.4 Å². The zero-order chi connectivity index (χ0) is 21.0. The maximum absolute atomic E-state index is 12.4. The number of allylic oxidation sites excluding steroid dienone is 1. The van der Waals surface area contributed by atoms with Crippen LogP contribution in [0.15, 0.2) is 36.9 Å². The van der Waals surface area contributed by atoms with E-state index in [-0.39, 0.29) is 19.1 Å². The zero-order valence-corrected chi connectivity index (χ0v) is 16.3. The Bertz CT molecular complexity index is 976. The molecule has 0 saturated carbocycles. The Kier molecular flexibility index (Phi) is 6.01. The molecule has 3 rings (SSSR count). The summed E-state index contributed by atoms with van der Waals surface area (Å²) in [5.74, 6) is -0.428. The van der Waals surface area contributed by atoms with Crippen LogP contribution in [0.2, 0.25) is 0 Å². The molecule has 1 aromatic heterocycles. The molecule has 1 aliphatic heterocycles. The van der Waals surface area contributed by atoms with Crippen LogP contribution >= 0.6 is 0 Å². The average Bonchev–Trinajstić information content (AvgIpc) is 3.29. The van der Waals surface area contributed by atoms with Crippen molar-refractivity contribution in [2.75, 3.05) is 19.9 Å². The van der Waals surface area contributed by atoms with Gasteiger partial charge in [-0.2, -0.15) is 0 Å². The van der Waals surface area contributed by atoms with Crippen molar-refractivity contribution in [3.05, 3.63) is 59.4 Å². The zero-order valence-electron chi connectivity index (χ0n) is 16.3. The first-order chi connectivity index (χ1) is 13.9. The molecule has 8 nitrogen and oxygen atoms in total. The van der Waals surface area contributed by atoms with Gasteiger partial charge in [-0.25, -0.2) is 0 Å². The second kappa shape index (κ2) is 8.64. The summed E-state index contributed by atoms with van der Waals surface area (Å²) in [6.45, 7) is 7.39. The van der Waals surface area contributed by atoms with Gasteiger partial charge in [0.25, 0.3) is 5.91 Å². The van der Waals surface area contributed by atoms with E-state index in [2.05, 4.69) is 11.9 Å². The fourth-order valence-corrected chi connectivity index (χ4v) is 3.06. The summed E-state index contributed by atoms with van der Waals surface area (Å²) in [6.07, 6.45) is 1.75. The number of ether oxygens (including phenoxy) is 3. The summed E-state index contributed by atoms with van der Waals surface area (Å²) >= 11 is 0. The van der Waals surface area contributed by atoms with Crippen LogP contribution < -0.4 is 14.8 Å². The van der Waals surface area contributed by atoms with Gasteiger partial charge in [0.2, 0.25) is 12.6 Å². The normalized spacial score (nSPS) is 11.8. The molecule has 152 valence electrons. The molecule has 2 aromatic rings. The summed E-state index contributed by atoms with van der Waals surface area (Å²) in [5, 5.41) is 2.46. The lowest BCUT2D eigenvalue weighted by Gasteiger charge is -2.08. The number of fused-ring (bicyclic) bond motifs is 1. The minimum atomic E-state index is -0.702. The first-order valence-electron chi connectivity index (χ1n) is 9.05. The van der Waals surface area contributed by atoms with E-state index in [1.54, 1.807) is 24.3 Å². The number of ketones is 1. The fourth-order valence-electron chi connectivity index (χ4n) is 3.06. The summed E-state index contributed by atoms with van der Waals surface area (Å²) in [6, 6.07) is 6.48. The van der Waals surface area contributed by atoms with Crippen LogP contribution in [0.3, 0.4) is 0 Å². The standard InChI is InChI=1S/C21H22N2O6/c1-4-7-23-13(2)8-16(14(23)3)17(24)11-27-20(25)10-22-21(26)15-5-6-18-19(9-15)29-12-28-18/h4-6,8-9H,1,7,10-12H2,2-3H3,(H,22,26). The van der Waals surface area contributed by atoms with E-state index in [4.69, 9.17) is 14.2 Å². The Morgan fingerprint density at radius 1 is 1.21 bits per heavy atom. The van der Waals surface area contributed by atoms with Gasteiger partial charge in [-0.15, -0.1) is 6.58 Å². The van der Waals surface area contributed by atoms with Gasteiger partial charge in [-0.3, -0.25) is 14.4 Å². The second-order valence-corrected chi connectivity index (χ2v) is 6.52. The third-order valence-electron chi connectivity index (χ3n) is 4.58. The van der Waals surface area contributed by atoms with E-state index >= 15 is 0 Å². The molecule has 0 radical (unpaired) electrons. The van der Waals surface area contributed by atoms with Crippen LogP contribution in [0.1, 0.15) is 32.1 Å². The lowest BCUT2D eigenvalue weighted by atomic mass is 10.1. The molecule has 2 heterocycles. The highest BCUT2D eigenvalue weighted by atomic mass is 16.7. The van der Waals surface area contributed by atoms with Gasteiger partial charge in [-0.05, 0) is 38.1 Å². The molecule has 29 heavy (non-hydrogen) atoms. The van der Waals surface area contributed by atoms with Gasteiger partial charge in [0.05, 0.1) is 0 Å². The van der Waals surface area contributed by atoms with Crippen molar-refractivity contribution in [3.63, 3.8) is 0 Å². The quantitative estimate of drug-likeness (QED) is 0.416. The first kappa shape index (κ1) is 20.2. The Morgan fingerprint density at radius 2 is 1.97 bits per heavy atom. The van der Waals surface area contributed by atoms with Crippen molar-refractivity contribution in [3.8, 4) is 11.5 Å². The number of nitrogens with zero attached hydrogens (tertiary/aromatic N) is 1. The predicted octanol–water partition coefficient (Wildman–Crippen LogP) is 2.18. The Balaban J connectivity index is 1.50. The molecule has 1 amide bonds. The van der Waals surface area contributed by atoms with Crippen LogP contribution in [-0.4, -0.2) is 42.2 Å². The summed E-state index contributed by atoms with van der Waals surface area (Å²) < 4.78 is 17.4. The van der Waals surface area contributed by atoms with E-state index in [0.717, 1.165) is 11.4 Å². The lowest BCUT2D eigenvalue weighted by molar-refractivity contribution is -0.141. The van der Waals surface area contributed by atoms with Crippen LogP contribution in [0.5, 0.6) is 11.5 Å². The van der Waals surface area contributed by atoms with Gasteiger partial charge in [0.15, 0.2) is 18.1 Å². The maximum Gasteiger partial charge on any atom is 0.325 e. The number of nitrogens with one attached hydrogen (secondary N) is 1. The van der Waals surface area contributed by atoms with Crippen molar-refractivity contribution >= 4 is 17.7 Å². The van der Waals surface area contributed by atoms with Gasteiger partial charge < -0.3 is 24.1 Å². The van der Waals surface area contributed by atoms with Gasteiger partial charge >= 0.3 is 5.97 Å². The number of rotatable bonds is 8. The molecular weight excluding hydrogens is 376 g/mol. The van der Waals surface area contributed by atoms with Crippen molar-refractivity contribution in [2.24, 2.45) is 0 Å². The highest BCUT2D eigenvalue weighted by molar-refractivity contribution is 6.00. The fraction of sp³-hybridized carbons (Fsp3) is 0.286. The minimum Gasteiger partial charge on any atom is -0.456 e. The number of Topliss-reactive ketones (excluding diaryl/α,β-unsaturated/α-hetero) is 1. The minimum absolute atomic E-state index is 0.108. The van der Waals surface area contributed by atoms with Crippen LogP contribution in [0.4, 0.5) is 0 Å². The third-order valence-corrected chi connectivity index (χ3v) is 4.58. The lowest BCUT2D eigenvalue weighted by Crippen LogP contribution is -2.31. The number of aromatic nitrogens is 1. The van der Waals surface area contributed by atoms with Crippen LogP contribution in [-0.2, 0) is 16.1 Å². The Morgan fingerprint density at radius 3 is 2.72 bits per heavy atom. The molecule has 8 heteroatoms.